The van der Waals surface area contributed by atoms with Crippen molar-refractivity contribution in [2.24, 2.45) is 4.99 Å². The minimum Gasteiger partial charge on any atom is -0.356 e. The summed E-state index contributed by atoms with van der Waals surface area (Å²) >= 11 is 0. The molecule has 4 heteroatoms. The van der Waals surface area contributed by atoms with Crippen LogP contribution in [0.25, 0.3) is 0 Å². The summed E-state index contributed by atoms with van der Waals surface area (Å²) in [5.74, 6) is 0.900. The third-order valence-corrected chi connectivity index (χ3v) is 4.44. The molecule has 4 nitrogen and oxygen atoms in total. The molecule has 0 fully saturated rings. The zero-order chi connectivity index (χ0) is 17.8. The minimum absolute atomic E-state index is 0.436. The van der Waals surface area contributed by atoms with E-state index in [0.717, 1.165) is 38.4 Å². The second-order valence-electron chi connectivity index (χ2n) is 6.45. The maximum Gasteiger partial charge on any atom is 0.191 e. The Morgan fingerprint density at radius 2 is 1.83 bits per heavy atom. The van der Waals surface area contributed by atoms with Crippen LogP contribution in [0.4, 0.5) is 0 Å². The largest absolute Gasteiger partial charge is 0.356 e. The fraction of sp³-hybridized carbons (Fsp3) is 0.650. The summed E-state index contributed by atoms with van der Waals surface area (Å²) < 4.78 is 0. The lowest BCUT2D eigenvalue weighted by molar-refractivity contribution is 0.292. The number of rotatable bonds is 10. The second kappa shape index (κ2) is 11.9. The number of hydrogen-bond donors (Lipinski definition) is 2. The van der Waals surface area contributed by atoms with E-state index in [2.05, 4.69) is 72.5 Å². The molecule has 0 aliphatic rings. The number of aryl methyl sites for hydroxylation is 1. The van der Waals surface area contributed by atoms with Crippen molar-refractivity contribution >= 4 is 5.96 Å². The van der Waals surface area contributed by atoms with Crippen molar-refractivity contribution in [1.82, 2.24) is 15.5 Å². The zero-order valence-electron chi connectivity index (χ0n) is 16.2. The van der Waals surface area contributed by atoms with Crippen LogP contribution in [-0.4, -0.2) is 50.1 Å². The molecule has 0 heterocycles. The predicted octanol–water partition coefficient (Wildman–Crippen LogP) is 3.21. The Morgan fingerprint density at radius 1 is 1.17 bits per heavy atom. The molecule has 0 aliphatic carbocycles. The van der Waals surface area contributed by atoms with Gasteiger partial charge in [-0.15, -0.1) is 0 Å². The maximum atomic E-state index is 4.33. The molecule has 0 spiro atoms. The molecule has 136 valence electrons. The molecule has 0 radical (unpaired) electrons. The van der Waals surface area contributed by atoms with Crippen LogP contribution >= 0.6 is 0 Å². The molecule has 1 unspecified atom stereocenters. The van der Waals surface area contributed by atoms with Crippen LogP contribution in [0.5, 0.6) is 0 Å². The van der Waals surface area contributed by atoms with E-state index in [1.807, 2.05) is 7.05 Å². The van der Waals surface area contributed by atoms with Crippen molar-refractivity contribution in [2.75, 3.05) is 33.2 Å². The highest BCUT2D eigenvalue weighted by molar-refractivity contribution is 5.79. The van der Waals surface area contributed by atoms with Gasteiger partial charge in [0.1, 0.15) is 0 Å². The normalized spacial score (nSPS) is 13.2. The van der Waals surface area contributed by atoms with Gasteiger partial charge in [0.25, 0.3) is 0 Å². The van der Waals surface area contributed by atoms with Gasteiger partial charge in [-0.2, -0.15) is 0 Å². The van der Waals surface area contributed by atoms with Crippen molar-refractivity contribution in [3.8, 4) is 0 Å². The number of aliphatic imine (C=N–C) groups is 1. The van der Waals surface area contributed by atoms with Crippen LogP contribution in [0.3, 0.4) is 0 Å². The van der Waals surface area contributed by atoms with Crippen molar-refractivity contribution in [3.63, 3.8) is 0 Å². The van der Waals surface area contributed by atoms with Crippen molar-refractivity contribution < 1.29 is 0 Å². The first-order valence-corrected chi connectivity index (χ1v) is 9.34. The number of benzene rings is 1. The average Bonchev–Trinajstić information content (AvgIpc) is 2.59. The molecule has 2 N–H and O–H groups in total. The van der Waals surface area contributed by atoms with E-state index >= 15 is 0 Å². The summed E-state index contributed by atoms with van der Waals surface area (Å²) in [6, 6.07) is 9.17. The van der Waals surface area contributed by atoms with Crippen molar-refractivity contribution in [1.29, 1.82) is 0 Å². The Kier molecular flexibility index (Phi) is 10.2. The zero-order valence-corrected chi connectivity index (χ0v) is 16.2. The van der Waals surface area contributed by atoms with E-state index in [4.69, 9.17) is 0 Å². The summed E-state index contributed by atoms with van der Waals surface area (Å²) in [6.07, 6.45) is 3.39. The maximum absolute atomic E-state index is 4.33. The van der Waals surface area contributed by atoms with E-state index in [1.165, 1.54) is 24.1 Å². The molecular weight excluding hydrogens is 296 g/mol. The van der Waals surface area contributed by atoms with Gasteiger partial charge in [0.15, 0.2) is 5.96 Å². The second-order valence-corrected chi connectivity index (χ2v) is 6.45. The predicted molar refractivity (Wildman–Crippen MR) is 106 cm³/mol. The number of guanidine groups is 1. The molecule has 1 atom stereocenters. The van der Waals surface area contributed by atoms with Gasteiger partial charge in [-0.1, -0.05) is 43.7 Å². The molecule has 1 aromatic rings. The standard InChI is InChI=1S/C20H36N4/c1-6-24(7-2)16-8-9-18(4)23-20(21-5)22-15-14-19-12-10-17(3)11-13-19/h10-13,18H,6-9,14-16H2,1-5H3,(H2,21,22,23). The van der Waals surface area contributed by atoms with Crippen LogP contribution < -0.4 is 10.6 Å². The Balaban J connectivity index is 2.24. The molecule has 24 heavy (non-hydrogen) atoms. The Bertz CT molecular complexity index is 463. The van der Waals surface area contributed by atoms with Crippen LogP contribution in [0.2, 0.25) is 0 Å². The lowest BCUT2D eigenvalue weighted by Gasteiger charge is -2.21. The van der Waals surface area contributed by atoms with E-state index in [1.54, 1.807) is 0 Å². The smallest absolute Gasteiger partial charge is 0.191 e. The van der Waals surface area contributed by atoms with Crippen LogP contribution in [0.15, 0.2) is 29.3 Å². The quantitative estimate of drug-likeness (QED) is 0.510. The van der Waals surface area contributed by atoms with Crippen molar-refractivity contribution in [2.45, 2.75) is 53.0 Å². The first kappa shape index (κ1) is 20.5. The fourth-order valence-corrected chi connectivity index (χ4v) is 2.74. The average molecular weight is 333 g/mol. The monoisotopic (exact) mass is 332 g/mol. The van der Waals surface area contributed by atoms with Crippen LogP contribution in [0, 0.1) is 6.92 Å². The molecule has 0 aliphatic heterocycles. The number of nitrogens with zero attached hydrogens (tertiary/aromatic N) is 2. The molecular formula is C20H36N4. The highest BCUT2D eigenvalue weighted by Crippen LogP contribution is 2.03. The number of hydrogen-bond acceptors (Lipinski definition) is 2. The van der Waals surface area contributed by atoms with Crippen LogP contribution in [-0.2, 0) is 6.42 Å². The summed E-state index contributed by atoms with van der Waals surface area (Å²) in [6.45, 7) is 13.2. The molecule has 0 aromatic heterocycles. The van der Waals surface area contributed by atoms with E-state index in [-0.39, 0.29) is 0 Å². The van der Waals surface area contributed by atoms with Gasteiger partial charge in [0, 0.05) is 19.6 Å². The van der Waals surface area contributed by atoms with Gasteiger partial charge in [-0.05, 0) is 58.3 Å². The van der Waals surface area contributed by atoms with Crippen LogP contribution in [0.1, 0.15) is 44.7 Å². The third-order valence-electron chi connectivity index (χ3n) is 4.44. The molecule has 0 saturated heterocycles. The van der Waals surface area contributed by atoms with E-state index in [9.17, 15) is 0 Å². The SMILES string of the molecule is CCN(CC)CCCC(C)NC(=NC)NCCc1ccc(C)cc1. The lowest BCUT2D eigenvalue weighted by atomic mass is 10.1. The molecule has 1 rings (SSSR count). The Labute approximate surface area is 148 Å². The highest BCUT2D eigenvalue weighted by Gasteiger charge is 2.06. The Hall–Kier alpha value is -1.55. The molecule has 0 saturated carbocycles. The van der Waals surface area contributed by atoms with E-state index in [0.29, 0.717) is 6.04 Å². The summed E-state index contributed by atoms with van der Waals surface area (Å²) in [5, 5.41) is 6.91. The first-order valence-electron chi connectivity index (χ1n) is 9.34. The first-order chi connectivity index (χ1) is 11.6. The molecule has 1 aromatic carbocycles. The topological polar surface area (TPSA) is 39.7 Å². The van der Waals surface area contributed by atoms with Gasteiger partial charge in [-0.3, -0.25) is 4.99 Å². The fourth-order valence-electron chi connectivity index (χ4n) is 2.74. The van der Waals surface area contributed by atoms with Gasteiger partial charge in [0.2, 0.25) is 0 Å². The third kappa shape index (κ3) is 8.34. The highest BCUT2D eigenvalue weighted by atomic mass is 15.2. The Morgan fingerprint density at radius 3 is 2.42 bits per heavy atom. The van der Waals surface area contributed by atoms with Crippen molar-refractivity contribution in [3.05, 3.63) is 35.4 Å². The minimum atomic E-state index is 0.436. The lowest BCUT2D eigenvalue weighted by Crippen LogP contribution is -2.43. The number of nitrogens with one attached hydrogen (secondary N) is 2. The molecule has 0 amide bonds. The summed E-state index contributed by atoms with van der Waals surface area (Å²) in [4.78, 5) is 6.81. The summed E-state index contributed by atoms with van der Waals surface area (Å²) in [7, 11) is 1.84. The van der Waals surface area contributed by atoms with Gasteiger partial charge in [0.05, 0.1) is 0 Å². The molecule has 0 bridgehead atoms. The van der Waals surface area contributed by atoms with Gasteiger partial charge in [-0.25, -0.2) is 0 Å². The summed E-state index contributed by atoms with van der Waals surface area (Å²) in [5.41, 5.74) is 2.67. The van der Waals surface area contributed by atoms with Gasteiger partial charge >= 0.3 is 0 Å². The van der Waals surface area contributed by atoms with Gasteiger partial charge < -0.3 is 15.5 Å². The van der Waals surface area contributed by atoms with E-state index < -0.39 is 0 Å².